The molecule has 2 N–H and O–H groups in total. The molecule has 1 heterocycles. The minimum atomic E-state index is 0.182. The molecule has 2 atom stereocenters. The van der Waals surface area contributed by atoms with Gasteiger partial charge < -0.3 is 10.6 Å². The van der Waals surface area contributed by atoms with Crippen molar-refractivity contribution in [2.45, 2.75) is 46.1 Å². The monoisotopic (exact) mass is 285 g/mol. The van der Waals surface area contributed by atoms with Crippen LogP contribution >= 0.6 is 12.2 Å². The maximum atomic E-state index is 12.1. The van der Waals surface area contributed by atoms with Crippen molar-refractivity contribution in [2.24, 2.45) is 11.7 Å². The number of piperazine rings is 1. The number of amides is 1. The van der Waals surface area contributed by atoms with Gasteiger partial charge in [-0.2, -0.15) is 0 Å². The number of thiocarbonyl (C=S) groups is 1. The Labute approximate surface area is 122 Å². The molecule has 5 heteroatoms. The number of nitrogens with zero attached hydrogens (tertiary/aromatic N) is 2. The van der Waals surface area contributed by atoms with Gasteiger partial charge >= 0.3 is 0 Å². The number of nitrogens with two attached hydrogens (primary N) is 1. The van der Waals surface area contributed by atoms with Crippen molar-refractivity contribution < 1.29 is 4.79 Å². The molecule has 4 nitrogen and oxygen atoms in total. The van der Waals surface area contributed by atoms with Gasteiger partial charge in [-0.3, -0.25) is 9.69 Å². The summed E-state index contributed by atoms with van der Waals surface area (Å²) in [4.78, 5) is 17.0. The molecule has 1 aliphatic rings. The Balaban J connectivity index is 2.44. The molecule has 0 aromatic heterocycles. The van der Waals surface area contributed by atoms with Crippen LogP contribution in [0.4, 0.5) is 0 Å². The van der Waals surface area contributed by atoms with Crippen LogP contribution in [0.5, 0.6) is 0 Å². The van der Waals surface area contributed by atoms with Crippen molar-refractivity contribution in [3.05, 3.63) is 0 Å². The lowest BCUT2D eigenvalue weighted by Crippen LogP contribution is -2.54. The smallest absolute Gasteiger partial charge is 0.222 e. The Hall–Kier alpha value is -0.680. The zero-order valence-electron chi connectivity index (χ0n) is 12.4. The van der Waals surface area contributed by atoms with E-state index in [1.165, 1.54) is 0 Å². The standard InChI is InChI=1S/C14H27N3OS/c1-4-11(3)10-13(18)17-8-6-16(7-9-17)12(5-2)14(15)19/h11-12H,4-10H2,1-3H3,(H2,15,19). The van der Waals surface area contributed by atoms with Gasteiger partial charge in [-0.15, -0.1) is 0 Å². The number of hydrogen-bond donors (Lipinski definition) is 1. The van der Waals surface area contributed by atoms with E-state index in [-0.39, 0.29) is 11.9 Å². The van der Waals surface area contributed by atoms with Gasteiger partial charge in [0, 0.05) is 32.6 Å². The van der Waals surface area contributed by atoms with Gasteiger partial charge in [0.05, 0.1) is 11.0 Å². The van der Waals surface area contributed by atoms with Gasteiger partial charge in [-0.25, -0.2) is 0 Å². The summed E-state index contributed by atoms with van der Waals surface area (Å²) in [5.41, 5.74) is 5.77. The van der Waals surface area contributed by atoms with Gasteiger partial charge in [-0.05, 0) is 12.3 Å². The fraction of sp³-hybridized carbons (Fsp3) is 0.857. The summed E-state index contributed by atoms with van der Waals surface area (Å²) in [6.07, 6.45) is 2.67. The fourth-order valence-corrected chi connectivity index (χ4v) is 2.81. The van der Waals surface area contributed by atoms with Crippen LogP contribution in [-0.2, 0) is 4.79 Å². The molecule has 1 fully saturated rings. The van der Waals surface area contributed by atoms with Crippen molar-refractivity contribution in [3.63, 3.8) is 0 Å². The van der Waals surface area contributed by atoms with Crippen LogP contribution in [0.2, 0.25) is 0 Å². The highest BCUT2D eigenvalue weighted by molar-refractivity contribution is 7.80. The normalized spacial score (nSPS) is 20.1. The molecule has 1 aliphatic heterocycles. The lowest BCUT2D eigenvalue weighted by molar-refractivity contribution is -0.134. The molecule has 1 amide bonds. The summed E-state index contributed by atoms with van der Waals surface area (Å²) >= 11 is 5.11. The average molecular weight is 285 g/mol. The van der Waals surface area contributed by atoms with E-state index < -0.39 is 0 Å². The molecule has 1 rings (SSSR count). The van der Waals surface area contributed by atoms with E-state index >= 15 is 0 Å². The first-order chi connectivity index (χ1) is 8.99. The Morgan fingerprint density at radius 2 is 1.79 bits per heavy atom. The summed E-state index contributed by atoms with van der Waals surface area (Å²) in [7, 11) is 0. The summed E-state index contributed by atoms with van der Waals surface area (Å²) in [6.45, 7) is 9.72. The largest absolute Gasteiger partial charge is 0.392 e. The Bertz CT molecular complexity index is 314. The Morgan fingerprint density at radius 1 is 1.21 bits per heavy atom. The third kappa shape index (κ3) is 4.73. The molecule has 0 saturated carbocycles. The van der Waals surface area contributed by atoms with Gasteiger partial charge in [0.15, 0.2) is 0 Å². The Kier molecular flexibility index (Phi) is 6.72. The van der Waals surface area contributed by atoms with Crippen LogP contribution in [-0.4, -0.2) is 52.9 Å². The Morgan fingerprint density at radius 3 is 2.21 bits per heavy atom. The lowest BCUT2D eigenvalue weighted by atomic mass is 10.0. The minimum Gasteiger partial charge on any atom is -0.392 e. The summed E-state index contributed by atoms with van der Waals surface area (Å²) < 4.78 is 0. The zero-order valence-corrected chi connectivity index (χ0v) is 13.2. The third-order valence-corrected chi connectivity index (χ3v) is 4.31. The van der Waals surface area contributed by atoms with Crippen molar-refractivity contribution in [3.8, 4) is 0 Å². The van der Waals surface area contributed by atoms with E-state index in [1.807, 2.05) is 4.90 Å². The molecular weight excluding hydrogens is 258 g/mol. The first-order valence-corrected chi connectivity index (χ1v) is 7.71. The summed E-state index contributed by atoms with van der Waals surface area (Å²) in [5.74, 6) is 0.767. The molecule has 19 heavy (non-hydrogen) atoms. The summed E-state index contributed by atoms with van der Waals surface area (Å²) in [5, 5.41) is 0. The predicted molar refractivity (Wildman–Crippen MR) is 83.1 cm³/mol. The van der Waals surface area contributed by atoms with E-state index in [1.54, 1.807) is 0 Å². The quantitative estimate of drug-likeness (QED) is 0.754. The second-order valence-electron chi connectivity index (χ2n) is 5.46. The fourth-order valence-electron chi connectivity index (χ4n) is 2.49. The van der Waals surface area contributed by atoms with Gasteiger partial charge in [0.1, 0.15) is 0 Å². The molecular formula is C14H27N3OS. The van der Waals surface area contributed by atoms with E-state index in [0.717, 1.165) is 39.0 Å². The van der Waals surface area contributed by atoms with Gasteiger partial charge in [0.25, 0.3) is 0 Å². The number of hydrogen-bond acceptors (Lipinski definition) is 3. The first kappa shape index (κ1) is 16.4. The summed E-state index contributed by atoms with van der Waals surface area (Å²) in [6, 6.07) is 0.182. The average Bonchev–Trinajstić information content (AvgIpc) is 2.39. The second kappa shape index (κ2) is 7.80. The van der Waals surface area contributed by atoms with Gasteiger partial charge in [-0.1, -0.05) is 39.4 Å². The number of carbonyl (C=O) groups is 1. The van der Waals surface area contributed by atoms with Crippen LogP contribution in [0.25, 0.3) is 0 Å². The maximum absolute atomic E-state index is 12.1. The first-order valence-electron chi connectivity index (χ1n) is 7.30. The van der Waals surface area contributed by atoms with Crippen molar-refractivity contribution in [1.29, 1.82) is 0 Å². The number of rotatable bonds is 6. The lowest BCUT2D eigenvalue weighted by Gasteiger charge is -2.39. The van der Waals surface area contributed by atoms with Crippen molar-refractivity contribution in [2.75, 3.05) is 26.2 Å². The van der Waals surface area contributed by atoms with Crippen LogP contribution < -0.4 is 5.73 Å². The highest BCUT2D eigenvalue weighted by Gasteiger charge is 2.26. The minimum absolute atomic E-state index is 0.182. The van der Waals surface area contributed by atoms with E-state index in [0.29, 0.717) is 17.3 Å². The van der Waals surface area contributed by atoms with Gasteiger partial charge in [0.2, 0.25) is 5.91 Å². The number of carbonyl (C=O) groups excluding carboxylic acids is 1. The van der Waals surface area contributed by atoms with Crippen LogP contribution in [0.15, 0.2) is 0 Å². The van der Waals surface area contributed by atoms with E-state index in [2.05, 4.69) is 25.7 Å². The van der Waals surface area contributed by atoms with E-state index in [4.69, 9.17) is 18.0 Å². The molecule has 0 aromatic carbocycles. The van der Waals surface area contributed by atoms with Crippen molar-refractivity contribution >= 4 is 23.1 Å². The molecule has 0 bridgehead atoms. The predicted octanol–water partition coefficient (Wildman–Crippen LogP) is 1.63. The second-order valence-corrected chi connectivity index (χ2v) is 5.93. The maximum Gasteiger partial charge on any atom is 0.222 e. The van der Waals surface area contributed by atoms with Crippen LogP contribution in [0.1, 0.15) is 40.0 Å². The molecule has 2 unspecified atom stereocenters. The van der Waals surface area contributed by atoms with E-state index in [9.17, 15) is 4.79 Å². The highest BCUT2D eigenvalue weighted by Crippen LogP contribution is 2.13. The van der Waals surface area contributed by atoms with Crippen LogP contribution in [0.3, 0.4) is 0 Å². The molecule has 1 saturated heterocycles. The molecule has 0 aromatic rings. The molecule has 0 spiro atoms. The molecule has 110 valence electrons. The van der Waals surface area contributed by atoms with Crippen molar-refractivity contribution in [1.82, 2.24) is 9.80 Å². The molecule has 0 aliphatic carbocycles. The highest BCUT2D eigenvalue weighted by atomic mass is 32.1. The third-order valence-electron chi connectivity index (χ3n) is 4.04. The SMILES string of the molecule is CCC(C)CC(=O)N1CCN(C(CC)C(N)=S)CC1. The zero-order chi connectivity index (χ0) is 14.4. The molecule has 0 radical (unpaired) electrons. The van der Waals surface area contributed by atoms with Crippen LogP contribution in [0, 0.1) is 5.92 Å². The topological polar surface area (TPSA) is 49.6 Å².